The number of carbonyl (C=O) groups excluding carboxylic acids is 1. The van der Waals surface area contributed by atoms with Gasteiger partial charge in [-0.15, -0.1) is 0 Å². The lowest BCUT2D eigenvalue weighted by Gasteiger charge is -2.23. The Labute approximate surface area is 120 Å². The predicted molar refractivity (Wildman–Crippen MR) is 79.6 cm³/mol. The minimum absolute atomic E-state index is 0.000926. The molecule has 1 atom stereocenters. The minimum atomic E-state index is -0.112. The van der Waals surface area contributed by atoms with Crippen LogP contribution in [0.5, 0.6) is 5.75 Å². The summed E-state index contributed by atoms with van der Waals surface area (Å²) in [5.74, 6) is 0.439. The maximum atomic E-state index is 11.8. The second-order valence-electron chi connectivity index (χ2n) is 5.22. The maximum Gasteiger partial charge on any atom is 0.257 e. The van der Waals surface area contributed by atoms with Crippen LogP contribution >= 0.6 is 0 Å². The molecule has 1 aromatic carbocycles. The number of rotatable bonds is 6. The van der Waals surface area contributed by atoms with Crippen molar-refractivity contribution >= 4 is 11.6 Å². The van der Waals surface area contributed by atoms with Crippen molar-refractivity contribution in [3.63, 3.8) is 0 Å². The molecule has 20 heavy (non-hydrogen) atoms. The van der Waals surface area contributed by atoms with Crippen LogP contribution in [0.25, 0.3) is 0 Å². The summed E-state index contributed by atoms with van der Waals surface area (Å²) in [6.45, 7) is 5.07. The predicted octanol–water partition coefficient (Wildman–Crippen LogP) is 1.25. The number of nitrogen functional groups attached to an aromatic ring is 1. The highest BCUT2D eigenvalue weighted by Gasteiger charge is 2.18. The minimum Gasteiger partial charge on any atom is -0.482 e. The van der Waals surface area contributed by atoms with Crippen molar-refractivity contribution in [2.75, 3.05) is 32.0 Å². The fourth-order valence-corrected chi connectivity index (χ4v) is 2.38. The van der Waals surface area contributed by atoms with Crippen molar-refractivity contribution < 1.29 is 9.53 Å². The smallest absolute Gasteiger partial charge is 0.257 e. The van der Waals surface area contributed by atoms with E-state index in [4.69, 9.17) is 10.5 Å². The third kappa shape index (κ3) is 4.13. The molecule has 5 heteroatoms. The monoisotopic (exact) mass is 277 g/mol. The van der Waals surface area contributed by atoms with Gasteiger partial charge in [0.15, 0.2) is 6.61 Å². The molecule has 1 saturated heterocycles. The lowest BCUT2D eigenvalue weighted by molar-refractivity contribution is -0.123. The molecule has 5 nitrogen and oxygen atoms in total. The Hall–Kier alpha value is -1.75. The zero-order valence-corrected chi connectivity index (χ0v) is 12.0. The summed E-state index contributed by atoms with van der Waals surface area (Å²) in [5, 5.41) is 2.90. The Balaban J connectivity index is 1.69. The lowest BCUT2D eigenvalue weighted by atomic mass is 10.3. The second kappa shape index (κ2) is 7.14. The SMILES string of the molecule is CC(CNC(=O)COc1ccccc1N)N1CCCC1. The zero-order valence-electron chi connectivity index (χ0n) is 12.0. The van der Waals surface area contributed by atoms with Gasteiger partial charge in [0.2, 0.25) is 0 Å². The molecule has 2 rings (SSSR count). The van der Waals surface area contributed by atoms with Crippen molar-refractivity contribution in [2.45, 2.75) is 25.8 Å². The van der Waals surface area contributed by atoms with Crippen molar-refractivity contribution in [3.05, 3.63) is 24.3 Å². The third-order valence-electron chi connectivity index (χ3n) is 3.64. The first-order chi connectivity index (χ1) is 9.66. The summed E-state index contributed by atoms with van der Waals surface area (Å²) in [6.07, 6.45) is 2.52. The zero-order chi connectivity index (χ0) is 14.4. The quantitative estimate of drug-likeness (QED) is 0.768. The van der Waals surface area contributed by atoms with Gasteiger partial charge in [0.05, 0.1) is 5.69 Å². The van der Waals surface area contributed by atoms with Crippen molar-refractivity contribution in [3.8, 4) is 5.75 Å². The highest BCUT2D eigenvalue weighted by atomic mass is 16.5. The number of likely N-dealkylation sites (tertiary alicyclic amines) is 1. The Kier molecular flexibility index (Phi) is 5.24. The van der Waals surface area contributed by atoms with E-state index in [9.17, 15) is 4.79 Å². The average molecular weight is 277 g/mol. The number of nitrogens with two attached hydrogens (primary N) is 1. The Morgan fingerprint density at radius 2 is 2.10 bits per heavy atom. The summed E-state index contributed by atoms with van der Waals surface area (Å²) >= 11 is 0. The van der Waals surface area contributed by atoms with Crippen LogP contribution in [-0.4, -0.2) is 43.1 Å². The molecular formula is C15H23N3O2. The van der Waals surface area contributed by atoms with E-state index >= 15 is 0 Å². The van der Waals surface area contributed by atoms with E-state index in [0.29, 0.717) is 24.0 Å². The van der Waals surface area contributed by atoms with Crippen molar-refractivity contribution in [1.29, 1.82) is 0 Å². The normalized spacial score (nSPS) is 16.9. The molecule has 1 aliphatic rings. The molecule has 0 saturated carbocycles. The van der Waals surface area contributed by atoms with Crippen LogP contribution in [0, 0.1) is 0 Å². The van der Waals surface area contributed by atoms with Gasteiger partial charge >= 0.3 is 0 Å². The van der Waals surface area contributed by atoms with Crippen molar-refractivity contribution in [1.82, 2.24) is 10.2 Å². The first-order valence-electron chi connectivity index (χ1n) is 7.15. The number of carbonyl (C=O) groups is 1. The van der Waals surface area contributed by atoms with E-state index in [2.05, 4.69) is 17.1 Å². The molecule has 1 amide bonds. The van der Waals surface area contributed by atoms with Gasteiger partial charge in [0.25, 0.3) is 5.91 Å². The maximum absolute atomic E-state index is 11.8. The number of anilines is 1. The van der Waals surface area contributed by atoms with E-state index in [1.165, 1.54) is 12.8 Å². The number of para-hydroxylation sites is 2. The molecule has 1 aliphatic heterocycles. The van der Waals surface area contributed by atoms with Crippen LogP contribution in [0.15, 0.2) is 24.3 Å². The number of ether oxygens (including phenoxy) is 1. The molecule has 0 radical (unpaired) electrons. The fraction of sp³-hybridized carbons (Fsp3) is 0.533. The van der Waals surface area contributed by atoms with E-state index in [1.54, 1.807) is 12.1 Å². The van der Waals surface area contributed by atoms with Crippen LogP contribution in [0.2, 0.25) is 0 Å². The van der Waals surface area contributed by atoms with E-state index in [0.717, 1.165) is 13.1 Å². The molecule has 1 unspecified atom stereocenters. The van der Waals surface area contributed by atoms with Crippen LogP contribution in [-0.2, 0) is 4.79 Å². The molecular weight excluding hydrogens is 254 g/mol. The van der Waals surface area contributed by atoms with Gasteiger partial charge in [0.1, 0.15) is 5.75 Å². The molecule has 110 valence electrons. The molecule has 3 N–H and O–H groups in total. The largest absolute Gasteiger partial charge is 0.482 e. The summed E-state index contributed by atoms with van der Waals surface area (Å²) in [4.78, 5) is 14.2. The molecule has 1 fully saturated rings. The van der Waals surface area contributed by atoms with Gasteiger partial charge in [-0.05, 0) is 45.0 Å². The summed E-state index contributed by atoms with van der Waals surface area (Å²) in [5.41, 5.74) is 6.30. The number of hydrogen-bond acceptors (Lipinski definition) is 4. The van der Waals surface area contributed by atoms with Crippen LogP contribution < -0.4 is 15.8 Å². The topological polar surface area (TPSA) is 67.6 Å². The van der Waals surface area contributed by atoms with Crippen LogP contribution in [0.4, 0.5) is 5.69 Å². The van der Waals surface area contributed by atoms with E-state index in [1.807, 2.05) is 12.1 Å². The Morgan fingerprint density at radius 3 is 2.80 bits per heavy atom. The van der Waals surface area contributed by atoms with Crippen LogP contribution in [0.1, 0.15) is 19.8 Å². The molecule has 0 spiro atoms. The lowest BCUT2D eigenvalue weighted by Crippen LogP contribution is -2.42. The Bertz CT molecular complexity index is 444. The first-order valence-corrected chi connectivity index (χ1v) is 7.15. The van der Waals surface area contributed by atoms with Gasteiger partial charge in [-0.3, -0.25) is 9.69 Å². The molecule has 1 aromatic rings. The Morgan fingerprint density at radius 1 is 1.40 bits per heavy atom. The van der Waals surface area contributed by atoms with Crippen molar-refractivity contribution in [2.24, 2.45) is 0 Å². The molecule has 0 bridgehead atoms. The van der Waals surface area contributed by atoms with Gasteiger partial charge in [-0.25, -0.2) is 0 Å². The summed E-state index contributed by atoms with van der Waals surface area (Å²) in [7, 11) is 0. The summed E-state index contributed by atoms with van der Waals surface area (Å²) in [6, 6.07) is 7.56. The number of benzene rings is 1. The fourth-order valence-electron chi connectivity index (χ4n) is 2.38. The van der Waals surface area contributed by atoms with Crippen LogP contribution in [0.3, 0.4) is 0 Å². The van der Waals surface area contributed by atoms with Gasteiger partial charge < -0.3 is 15.8 Å². The standard InChI is InChI=1S/C15H23N3O2/c1-12(18-8-4-5-9-18)10-17-15(19)11-20-14-7-3-2-6-13(14)16/h2-3,6-7,12H,4-5,8-11,16H2,1H3,(H,17,19). The molecule has 0 aromatic heterocycles. The first kappa shape index (κ1) is 14.7. The average Bonchev–Trinajstić information content (AvgIpc) is 2.98. The number of hydrogen-bond donors (Lipinski definition) is 2. The number of nitrogens with zero attached hydrogens (tertiary/aromatic N) is 1. The van der Waals surface area contributed by atoms with Gasteiger partial charge in [-0.2, -0.15) is 0 Å². The number of amides is 1. The van der Waals surface area contributed by atoms with Gasteiger partial charge in [0, 0.05) is 12.6 Å². The third-order valence-corrected chi connectivity index (χ3v) is 3.64. The molecule has 0 aliphatic carbocycles. The highest BCUT2D eigenvalue weighted by molar-refractivity contribution is 5.77. The van der Waals surface area contributed by atoms with E-state index < -0.39 is 0 Å². The summed E-state index contributed by atoms with van der Waals surface area (Å²) < 4.78 is 5.41. The molecule has 1 heterocycles. The van der Waals surface area contributed by atoms with E-state index in [-0.39, 0.29) is 12.5 Å². The highest BCUT2D eigenvalue weighted by Crippen LogP contribution is 2.19. The number of nitrogens with one attached hydrogen (secondary N) is 1. The second-order valence-corrected chi connectivity index (χ2v) is 5.22. The van der Waals surface area contributed by atoms with Gasteiger partial charge in [-0.1, -0.05) is 12.1 Å².